The number of carbonyl (C=O) groups excluding carboxylic acids is 2. The van der Waals surface area contributed by atoms with Crippen molar-refractivity contribution in [2.45, 2.75) is 26.3 Å². The van der Waals surface area contributed by atoms with Crippen molar-refractivity contribution in [1.29, 1.82) is 0 Å². The van der Waals surface area contributed by atoms with Gasteiger partial charge in [0.05, 0.1) is 26.7 Å². The highest BCUT2D eigenvalue weighted by Crippen LogP contribution is 2.31. The molecule has 1 heterocycles. The smallest absolute Gasteiger partial charge is 0.321 e. The number of methoxy groups -OCH3 is 3. The van der Waals surface area contributed by atoms with Crippen molar-refractivity contribution in [3.8, 4) is 17.2 Å². The fourth-order valence-corrected chi connectivity index (χ4v) is 3.86. The normalized spacial score (nSPS) is 17.9. The Kier molecular flexibility index (Phi) is 7.45. The summed E-state index contributed by atoms with van der Waals surface area (Å²) in [5.74, 6) is 1.85. The maximum atomic E-state index is 13.0. The average molecular weight is 442 g/mol. The second-order valence-electron chi connectivity index (χ2n) is 8.15. The number of hydrogen-bond donors (Lipinski definition) is 2. The van der Waals surface area contributed by atoms with Gasteiger partial charge >= 0.3 is 6.03 Å². The van der Waals surface area contributed by atoms with Gasteiger partial charge in [-0.3, -0.25) is 4.79 Å². The number of ether oxygens (including phenoxy) is 3. The minimum Gasteiger partial charge on any atom is -0.497 e. The zero-order valence-corrected chi connectivity index (χ0v) is 19.1. The fourth-order valence-electron chi connectivity index (χ4n) is 3.86. The van der Waals surface area contributed by atoms with Gasteiger partial charge in [0.25, 0.3) is 0 Å². The van der Waals surface area contributed by atoms with Gasteiger partial charge in [0.2, 0.25) is 5.91 Å². The molecule has 2 N–H and O–H groups in total. The van der Waals surface area contributed by atoms with Crippen molar-refractivity contribution in [3.63, 3.8) is 0 Å². The van der Waals surface area contributed by atoms with Crippen molar-refractivity contribution in [2.75, 3.05) is 39.7 Å². The van der Waals surface area contributed by atoms with Crippen LogP contribution in [0, 0.1) is 5.41 Å². The van der Waals surface area contributed by atoms with E-state index in [4.69, 9.17) is 14.2 Å². The van der Waals surface area contributed by atoms with Crippen molar-refractivity contribution in [2.24, 2.45) is 5.41 Å². The molecule has 0 aliphatic carbocycles. The molecule has 3 rings (SSSR count). The van der Waals surface area contributed by atoms with Crippen LogP contribution in [-0.2, 0) is 11.3 Å². The lowest BCUT2D eigenvalue weighted by molar-refractivity contribution is -0.132. The number of amides is 3. The molecule has 0 bridgehead atoms. The van der Waals surface area contributed by atoms with Crippen LogP contribution in [0.1, 0.15) is 25.3 Å². The number of urea groups is 1. The number of piperidine rings is 1. The zero-order valence-electron chi connectivity index (χ0n) is 19.1. The average Bonchev–Trinajstić information content (AvgIpc) is 2.82. The van der Waals surface area contributed by atoms with Crippen LogP contribution in [0.3, 0.4) is 0 Å². The molecule has 1 aliphatic rings. The first-order chi connectivity index (χ1) is 15.4. The van der Waals surface area contributed by atoms with E-state index < -0.39 is 5.41 Å². The molecule has 1 saturated heterocycles. The Balaban J connectivity index is 1.62. The first-order valence-corrected chi connectivity index (χ1v) is 10.6. The van der Waals surface area contributed by atoms with Gasteiger partial charge in [-0.1, -0.05) is 12.1 Å². The van der Waals surface area contributed by atoms with Crippen LogP contribution in [0.2, 0.25) is 0 Å². The summed E-state index contributed by atoms with van der Waals surface area (Å²) in [4.78, 5) is 27.6. The molecule has 0 saturated carbocycles. The molecule has 1 fully saturated rings. The number of benzene rings is 2. The van der Waals surface area contributed by atoms with E-state index in [1.54, 1.807) is 44.4 Å². The molecular weight excluding hydrogens is 410 g/mol. The SMILES string of the molecule is COc1cccc(CNC(=O)[C@@]2(C)CCCN(C(=O)Nc3cc(OC)cc(OC)c3)C2)c1. The molecule has 0 spiro atoms. The summed E-state index contributed by atoms with van der Waals surface area (Å²) >= 11 is 0. The molecule has 0 unspecified atom stereocenters. The first kappa shape index (κ1) is 23.2. The number of hydrogen-bond acceptors (Lipinski definition) is 5. The van der Waals surface area contributed by atoms with E-state index >= 15 is 0 Å². The van der Waals surface area contributed by atoms with Gasteiger partial charge in [0.15, 0.2) is 0 Å². The lowest BCUT2D eigenvalue weighted by Gasteiger charge is -2.39. The van der Waals surface area contributed by atoms with Crippen LogP contribution >= 0.6 is 0 Å². The van der Waals surface area contributed by atoms with Gasteiger partial charge in [-0.2, -0.15) is 0 Å². The van der Waals surface area contributed by atoms with Crippen LogP contribution < -0.4 is 24.8 Å². The van der Waals surface area contributed by atoms with E-state index in [0.717, 1.165) is 17.7 Å². The summed E-state index contributed by atoms with van der Waals surface area (Å²) in [7, 11) is 4.73. The zero-order chi connectivity index (χ0) is 23.1. The van der Waals surface area contributed by atoms with Crippen molar-refractivity contribution in [3.05, 3.63) is 48.0 Å². The molecule has 3 amide bonds. The third-order valence-corrected chi connectivity index (χ3v) is 5.72. The highest BCUT2D eigenvalue weighted by Gasteiger charge is 2.39. The van der Waals surface area contributed by atoms with E-state index in [9.17, 15) is 9.59 Å². The van der Waals surface area contributed by atoms with E-state index in [2.05, 4.69) is 10.6 Å². The van der Waals surface area contributed by atoms with Crippen molar-refractivity contribution >= 4 is 17.6 Å². The predicted octanol–water partition coefficient (Wildman–Crippen LogP) is 3.66. The van der Waals surface area contributed by atoms with Crippen LogP contribution in [0.4, 0.5) is 10.5 Å². The second kappa shape index (κ2) is 10.3. The number of rotatable bonds is 7. The molecular formula is C24H31N3O5. The van der Waals surface area contributed by atoms with Crippen molar-refractivity contribution in [1.82, 2.24) is 10.2 Å². The maximum absolute atomic E-state index is 13.0. The lowest BCUT2D eigenvalue weighted by Crippen LogP contribution is -2.52. The third kappa shape index (κ3) is 5.63. The molecule has 0 aromatic heterocycles. The van der Waals surface area contributed by atoms with Crippen LogP contribution in [0.25, 0.3) is 0 Å². The second-order valence-corrected chi connectivity index (χ2v) is 8.15. The van der Waals surface area contributed by atoms with Gasteiger partial charge in [0, 0.05) is 43.5 Å². The lowest BCUT2D eigenvalue weighted by atomic mass is 9.81. The van der Waals surface area contributed by atoms with E-state index in [0.29, 0.717) is 43.2 Å². The standard InChI is InChI=1S/C24H31N3O5/c1-24(22(28)25-15-17-7-5-8-19(11-17)30-2)9-6-10-27(16-24)23(29)26-18-12-20(31-3)14-21(13-18)32-4/h5,7-8,11-14H,6,9-10,15-16H2,1-4H3,(H,25,28)(H,26,29)/t24-/m0/s1. The monoisotopic (exact) mass is 441 g/mol. The third-order valence-electron chi connectivity index (χ3n) is 5.72. The number of anilines is 1. The van der Waals surface area contributed by atoms with E-state index in [1.165, 1.54) is 0 Å². The van der Waals surface area contributed by atoms with E-state index in [1.807, 2.05) is 31.2 Å². The number of likely N-dealkylation sites (tertiary alicyclic amines) is 1. The molecule has 0 radical (unpaired) electrons. The van der Waals surface area contributed by atoms with Crippen molar-refractivity contribution < 1.29 is 23.8 Å². The first-order valence-electron chi connectivity index (χ1n) is 10.6. The highest BCUT2D eigenvalue weighted by atomic mass is 16.5. The topological polar surface area (TPSA) is 89.1 Å². The Morgan fingerprint density at radius 2 is 1.69 bits per heavy atom. The van der Waals surface area contributed by atoms with Gasteiger partial charge < -0.3 is 29.7 Å². The Bertz CT molecular complexity index is 942. The number of nitrogens with one attached hydrogen (secondary N) is 2. The Hall–Kier alpha value is -3.42. The summed E-state index contributed by atoms with van der Waals surface area (Å²) in [6.07, 6.45) is 1.46. The largest absolute Gasteiger partial charge is 0.497 e. The molecule has 2 aromatic carbocycles. The van der Waals surface area contributed by atoms with Crippen LogP contribution in [-0.4, -0.2) is 51.3 Å². The van der Waals surface area contributed by atoms with Crippen LogP contribution in [0.5, 0.6) is 17.2 Å². The molecule has 8 heteroatoms. The summed E-state index contributed by atoms with van der Waals surface area (Å²) in [6, 6.07) is 12.5. The molecule has 1 aliphatic heterocycles. The molecule has 2 aromatic rings. The van der Waals surface area contributed by atoms with E-state index in [-0.39, 0.29) is 11.9 Å². The minimum atomic E-state index is -0.666. The highest BCUT2D eigenvalue weighted by molar-refractivity contribution is 5.91. The fraction of sp³-hybridized carbons (Fsp3) is 0.417. The Labute approximate surface area is 188 Å². The van der Waals surface area contributed by atoms with Gasteiger partial charge in [-0.25, -0.2) is 4.79 Å². The Morgan fingerprint density at radius 1 is 1.00 bits per heavy atom. The molecule has 8 nitrogen and oxygen atoms in total. The van der Waals surface area contributed by atoms with Gasteiger partial charge in [-0.05, 0) is 37.5 Å². The number of nitrogens with zero attached hydrogens (tertiary/aromatic N) is 1. The summed E-state index contributed by atoms with van der Waals surface area (Å²) < 4.78 is 15.8. The minimum absolute atomic E-state index is 0.0686. The summed E-state index contributed by atoms with van der Waals surface area (Å²) in [5.41, 5.74) is 0.861. The summed E-state index contributed by atoms with van der Waals surface area (Å²) in [6.45, 7) is 3.24. The molecule has 1 atom stereocenters. The molecule has 172 valence electrons. The maximum Gasteiger partial charge on any atom is 0.321 e. The predicted molar refractivity (Wildman–Crippen MR) is 122 cm³/mol. The number of carbonyl (C=O) groups is 2. The molecule has 32 heavy (non-hydrogen) atoms. The van der Waals surface area contributed by atoms with Crippen LogP contribution in [0.15, 0.2) is 42.5 Å². The quantitative estimate of drug-likeness (QED) is 0.685. The van der Waals surface area contributed by atoms with Gasteiger partial charge in [0.1, 0.15) is 17.2 Å². The van der Waals surface area contributed by atoms with Gasteiger partial charge in [-0.15, -0.1) is 0 Å². The summed E-state index contributed by atoms with van der Waals surface area (Å²) in [5, 5.41) is 5.90. The Morgan fingerprint density at radius 3 is 2.34 bits per heavy atom.